The number of carbonyl (C=O) groups excluding carboxylic acids is 1. The van der Waals surface area contributed by atoms with Gasteiger partial charge in [0.05, 0.1) is 17.5 Å². The number of benzene rings is 1. The molecule has 0 radical (unpaired) electrons. The highest BCUT2D eigenvalue weighted by Crippen LogP contribution is 2.18. The Bertz CT molecular complexity index is 791. The van der Waals surface area contributed by atoms with Crippen molar-refractivity contribution in [2.45, 2.75) is 18.6 Å². The molecule has 134 valence electrons. The van der Waals surface area contributed by atoms with E-state index in [9.17, 15) is 13.2 Å². The summed E-state index contributed by atoms with van der Waals surface area (Å²) in [7, 11) is -3.38. The molecular weight excluding hydrogens is 340 g/mol. The van der Waals surface area contributed by atoms with E-state index in [1.807, 2.05) is 18.2 Å². The molecule has 0 unspecified atom stereocenters. The first-order valence-electron chi connectivity index (χ1n) is 8.33. The number of H-pyrrole nitrogens is 1. The predicted octanol–water partition coefficient (Wildman–Crippen LogP) is 1.38. The minimum Gasteiger partial charge on any atom is -0.338 e. The lowest BCUT2D eigenvalue weighted by Gasteiger charge is -2.32. The molecule has 1 saturated heterocycles. The Hall–Kier alpha value is -2.19. The summed E-state index contributed by atoms with van der Waals surface area (Å²) in [6.45, 7) is 1.60. The predicted molar refractivity (Wildman–Crippen MR) is 94.3 cm³/mol. The number of carbonyl (C=O) groups is 1. The van der Waals surface area contributed by atoms with Crippen LogP contribution in [0.15, 0.2) is 42.7 Å². The van der Waals surface area contributed by atoms with Crippen molar-refractivity contribution >= 4 is 15.9 Å². The first kappa shape index (κ1) is 17.6. The van der Waals surface area contributed by atoms with Crippen molar-refractivity contribution in [3.63, 3.8) is 0 Å². The summed E-state index contributed by atoms with van der Waals surface area (Å²) >= 11 is 0. The molecule has 1 aromatic carbocycles. The Morgan fingerprint density at radius 2 is 2.12 bits per heavy atom. The van der Waals surface area contributed by atoms with Gasteiger partial charge in [-0.2, -0.15) is 5.10 Å². The van der Waals surface area contributed by atoms with Crippen LogP contribution in [-0.2, 0) is 15.8 Å². The number of aromatic amines is 1. The fourth-order valence-electron chi connectivity index (χ4n) is 3.06. The molecule has 8 heteroatoms. The normalized spacial score (nSPS) is 18.2. The largest absolute Gasteiger partial charge is 0.338 e. The van der Waals surface area contributed by atoms with Crippen LogP contribution in [0.1, 0.15) is 28.8 Å². The van der Waals surface area contributed by atoms with E-state index in [1.54, 1.807) is 23.2 Å². The summed E-state index contributed by atoms with van der Waals surface area (Å²) in [6.07, 6.45) is 4.86. The Kier molecular flexibility index (Phi) is 5.50. The maximum Gasteiger partial charge on any atom is 0.257 e. The van der Waals surface area contributed by atoms with E-state index in [0.717, 1.165) is 18.4 Å². The first-order chi connectivity index (χ1) is 12.0. The standard InChI is InChI=1S/C17H22N4O3S/c22-17(16-10-18-19-11-16)21-8-4-7-15(12-21)9-20-25(23,24)13-14-5-2-1-3-6-14/h1-3,5-6,10-11,15,20H,4,7-9,12-13H2,(H,18,19)/t15-/m0/s1. The molecule has 3 rings (SSSR count). The molecule has 0 aliphatic carbocycles. The molecule has 2 N–H and O–H groups in total. The Labute approximate surface area is 147 Å². The zero-order valence-electron chi connectivity index (χ0n) is 13.9. The summed E-state index contributed by atoms with van der Waals surface area (Å²) in [4.78, 5) is 14.1. The Morgan fingerprint density at radius 1 is 1.32 bits per heavy atom. The third-order valence-electron chi connectivity index (χ3n) is 4.34. The van der Waals surface area contributed by atoms with Crippen molar-refractivity contribution in [1.29, 1.82) is 0 Å². The van der Waals surface area contributed by atoms with Crippen LogP contribution < -0.4 is 4.72 Å². The van der Waals surface area contributed by atoms with Crippen molar-refractivity contribution in [3.8, 4) is 0 Å². The van der Waals surface area contributed by atoms with Crippen LogP contribution in [0, 0.1) is 5.92 Å². The van der Waals surface area contributed by atoms with E-state index in [4.69, 9.17) is 0 Å². The van der Waals surface area contributed by atoms with Gasteiger partial charge in [-0.15, -0.1) is 0 Å². The van der Waals surface area contributed by atoms with Crippen LogP contribution >= 0.6 is 0 Å². The summed E-state index contributed by atoms with van der Waals surface area (Å²) in [5, 5.41) is 6.44. The molecule has 2 aromatic rings. The molecule has 1 aliphatic heterocycles. The number of piperidine rings is 1. The molecule has 1 fully saturated rings. The lowest BCUT2D eigenvalue weighted by atomic mass is 9.98. The van der Waals surface area contributed by atoms with E-state index in [0.29, 0.717) is 25.2 Å². The quantitative estimate of drug-likeness (QED) is 0.812. The Morgan fingerprint density at radius 3 is 2.84 bits per heavy atom. The number of aromatic nitrogens is 2. The lowest BCUT2D eigenvalue weighted by Crippen LogP contribution is -2.43. The van der Waals surface area contributed by atoms with Crippen molar-refractivity contribution in [2.24, 2.45) is 5.92 Å². The second-order valence-corrected chi connectivity index (χ2v) is 8.15. The number of rotatable bonds is 6. The Balaban J connectivity index is 1.53. The maximum absolute atomic E-state index is 12.4. The molecule has 0 bridgehead atoms. The van der Waals surface area contributed by atoms with E-state index >= 15 is 0 Å². The number of amides is 1. The number of hydrogen-bond donors (Lipinski definition) is 2. The maximum atomic E-state index is 12.4. The SMILES string of the molecule is O=C(c1cn[nH]c1)N1CCC[C@@H](CNS(=O)(=O)Cc2ccccc2)C1. The van der Waals surface area contributed by atoms with Gasteiger partial charge < -0.3 is 4.90 Å². The fraction of sp³-hybridized carbons (Fsp3) is 0.412. The van der Waals surface area contributed by atoms with Crippen molar-refractivity contribution in [1.82, 2.24) is 19.8 Å². The summed E-state index contributed by atoms with van der Waals surface area (Å²) in [5.41, 5.74) is 1.29. The van der Waals surface area contributed by atoms with Gasteiger partial charge in [-0.05, 0) is 24.3 Å². The van der Waals surface area contributed by atoms with Crippen LogP contribution in [0.4, 0.5) is 0 Å². The summed E-state index contributed by atoms with van der Waals surface area (Å²) in [5.74, 6) is 0.0267. The zero-order valence-corrected chi connectivity index (χ0v) is 14.7. The second kappa shape index (κ2) is 7.79. The smallest absolute Gasteiger partial charge is 0.257 e. The average molecular weight is 362 g/mol. The molecule has 2 heterocycles. The van der Waals surface area contributed by atoms with Gasteiger partial charge in [0.15, 0.2) is 0 Å². The van der Waals surface area contributed by atoms with Gasteiger partial charge >= 0.3 is 0 Å². The van der Waals surface area contributed by atoms with Gasteiger partial charge in [0.1, 0.15) is 0 Å². The monoisotopic (exact) mass is 362 g/mol. The van der Waals surface area contributed by atoms with Gasteiger partial charge in [0.25, 0.3) is 5.91 Å². The molecule has 0 spiro atoms. The minimum absolute atomic E-state index is 0.0295. The van der Waals surface area contributed by atoms with Crippen LogP contribution in [-0.4, -0.2) is 49.1 Å². The number of nitrogens with one attached hydrogen (secondary N) is 2. The average Bonchev–Trinajstić information content (AvgIpc) is 3.15. The van der Waals surface area contributed by atoms with Crippen molar-refractivity contribution in [3.05, 3.63) is 53.9 Å². The van der Waals surface area contributed by atoms with E-state index in [1.165, 1.54) is 6.20 Å². The summed E-state index contributed by atoms with van der Waals surface area (Å²) in [6, 6.07) is 9.10. The van der Waals surface area contributed by atoms with Gasteiger partial charge in [-0.3, -0.25) is 9.89 Å². The van der Waals surface area contributed by atoms with Crippen molar-refractivity contribution < 1.29 is 13.2 Å². The van der Waals surface area contributed by atoms with Crippen LogP contribution in [0.3, 0.4) is 0 Å². The van der Waals surface area contributed by atoms with E-state index in [2.05, 4.69) is 14.9 Å². The molecule has 1 aromatic heterocycles. The van der Waals surface area contributed by atoms with Gasteiger partial charge in [-0.1, -0.05) is 30.3 Å². The number of sulfonamides is 1. The molecule has 0 saturated carbocycles. The van der Waals surface area contributed by atoms with Crippen LogP contribution in [0.25, 0.3) is 0 Å². The highest BCUT2D eigenvalue weighted by Gasteiger charge is 2.26. The zero-order chi connectivity index (χ0) is 17.7. The minimum atomic E-state index is -3.38. The highest BCUT2D eigenvalue weighted by atomic mass is 32.2. The molecule has 1 aliphatic rings. The van der Waals surface area contributed by atoms with Gasteiger partial charge in [0, 0.05) is 25.8 Å². The topological polar surface area (TPSA) is 95.2 Å². The number of hydrogen-bond acceptors (Lipinski definition) is 4. The van der Waals surface area contributed by atoms with Crippen LogP contribution in [0.5, 0.6) is 0 Å². The first-order valence-corrected chi connectivity index (χ1v) is 9.98. The molecule has 1 amide bonds. The highest BCUT2D eigenvalue weighted by molar-refractivity contribution is 7.88. The molecule has 1 atom stereocenters. The molecule has 7 nitrogen and oxygen atoms in total. The van der Waals surface area contributed by atoms with Crippen LogP contribution in [0.2, 0.25) is 0 Å². The van der Waals surface area contributed by atoms with Crippen molar-refractivity contribution in [2.75, 3.05) is 19.6 Å². The fourth-order valence-corrected chi connectivity index (χ4v) is 4.28. The number of likely N-dealkylation sites (tertiary alicyclic amines) is 1. The third kappa shape index (κ3) is 4.90. The molecular formula is C17H22N4O3S. The van der Waals surface area contributed by atoms with E-state index in [-0.39, 0.29) is 17.6 Å². The van der Waals surface area contributed by atoms with E-state index < -0.39 is 10.0 Å². The van der Waals surface area contributed by atoms with Gasteiger partial charge in [0.2, 0.25) is 10.0 Å². The summed E-state index contributed by atoms with van der Waals surface area (Å²) < 4.78 is 27.2. The second-order valence-electron chi connectivity index (χ2n) is 6.34. The number of nitrogens with zero attached hydrogens (tertiary/aromatic N) is 2. The molecule has 25 heavy (non-hydrogen) atoms. The third-order valence-corrected chi connectivity index (χ3v) is 5.66. The lowest BCUT2D eigenvalue weighted by molar-refractivity contribution is 0.0676. The van der Waals surface area contributed by atoms with Gasteiger partial charge in [-0.25, -0.2) is 13.1 Å².